The number of H-pyrrole nitrogens is 1. The molecule has 1 saturated heterocycles. The maximum atomic E-state index is 13.0. The minimum atomic E-state index is 0.00955. The van der Waals surface area contributed by atoms with E-state index >= 15 is 0 Å². The van der Waals surface area contributed by atoms with Gasteiger partial charge in [0.2, 0.25) is 5.95 Å². The summed E-state index contributed by atoms with van der Waals surface area (Å²) in [6.45, 7) is 8.51. The molecule has 0 spiro atoms. The number of likely N-dealkylation sites (N-methyl/N-ethyl adjacent to an activating group) is 1. The highest BCUT2D eigenvalue weighted by Crippen LogP contribution is 2.27. The number of hydrogen-bond donors (Lipinski definition) is 2. The number of anilines is 1. The minimum Gasteiger partial charge on any atom is -0.374 e. The number of rotatable bonds is 12. The molecule has 1 amide bonds. The Hall–Kier alpha value is -3.75. The number of amides is 1. The fourth-order valence-electron chi connectivity index (χ4n) is 5.84. The quantitative estimate of drug-likeness (QED) is 0.228. The predicted molar refractivity (Wildman–Crippen MR) is 164 cm³/mol. The summed E-state index contributed by atoms with van der Waals surface area (Å²) in [6.07, 6.45) is 6.81. The van der Waals surface area contributed by atoms with Crippen LogP contribution >= 0.6 is 0 Å². The molecule has 1 fully saturated rings. The van der Waals surface area contributed by atoms with Crippen LogP contribution in [0, 0.1) is 0 Å². The fourth-order valence-corrected chi connectivity index (χ4v) is 5.84. The summed E-state index contributed by atoms with van der Waals surface area (Å²) in [5, 5.41) is 3.65. The molecule has 2 unspecified atom stereocenters. The third kappa shape index (κ3) is 7.31. The van der Waals surface area contributed by atoms with Gasteiger partial charge in [0, 0.05) is 68.8 Å². The molecule has 0 saturated carbocycles. The molecule has 5 rings (SSSR count). The van der Waals surface area contributed by atoms with E-state index in [1.807, 2.05) is 61.6 Å². The van der Waals surface area contributed by atoms with E-state index in [0.717, 1.165) is 67.0 Å². The van der Waals surface area contributed by atoms with E-state index in [-0.39, 0.29) is 17.9 Å². The lowest BCUT2D eigenvalue weighted by molar-refractivity contribution is 0.0772. The number of carbonyl (C=O) groups excluding carboxylic acids is 1. The Morgan fingerprint density at radius 1 is 1.10 bits per heavy atom. The molecule has 0 radical (unpaired) electrons. The number of imidazole rings is 1. The van der Waals surface area contributed by atoms with Crippen LogP contribution in [-0.4, -0.2) is 76.5 Å². The number of carbonyl (C=O) groups is 1. The fraction of sp³-hybridized carbons (Fsp3) is 0.424. The van der Waals surface area contributed by atoms with E-state index in [2.05, 4.69) is 57.4 Å². The van der Waals surface area contributed by atoms with E-state index in [1.54, 1.807) is 0 Å². The van der Waals surface area contributed by atoms with Crippen LogP contribution in [0.2, 0.25) is 0 Å². The van der Waals surface area contributed by atoms with Gasteiger partial charge in [0.25, 0.3) is 5.91 Å². The van der Waals surface area contributed by atoms with Crippen molar-refractivity contribution < 1.29 is 9.53 Å². The lowest BCUT2D eigenvalue weighted by Gasteiger charge is -2.33. The summed E-state index contributed by atoms with van der Waals surface area (Å²) in [7, 11) is 1.90. The van der Waals surface area contributed by atoms with Gasteiger partial charge in [0.1, 0.15) is 0 Å². The first-order valence-electron chi connectivity index (χ1n) is 14.8. The Balaban J connectivity index is 1.15. The predicted octanol–water partition coefficient (Wildman–Crippen LogP) is 5.88. The largest absolute Gasteiger partial charge is 0.374 e. The number of likely N-dealkylation sites (tertiary alicyclic amines) is 1. The van der Waals surface area contributed by atoms with Crippen molar-refractivity contribution in [1.29, 1.82) is 0 Å². The number of aromatic nitrogens is 3. The molecule has 4 aromatic rings. The number of pyridine rings is 1. The molecule has 2 N–H and O–H groups in total. The number of piperidine rings is 1. The molecule has 41 heavy (non-hydrogen) atoms. The van der Waals surface area contributed by atoms with Crippen molar-refractivity contribution in [1.82, 2.24) is 24.8 Å². The van der Waals surface area contributed by atoms with Crippen LogP contribution in [0.3, 0.4) is 0 Å². The highest BCUT2D eigenvalue weighted by molar-refractivity contribution is 5.94. The van der Waals surface area contributed by atoms with Crippen LogP contribution in [0.4, 0.5) is 5.95 Å². The van der Waals surface area contributed by atoms with Crippen LogP contribution < -0.4 is 5.32 Å². The van der Waals surface area contributed by atoms with Gasteiger partial charge in [0.15, 0.2) is 0 Å². The van der Waals surface area contributed by atoms with Crippen molar-refractivity contribution in [2.45, 2.75) is 51.2 Å². The monoisotopic (exact) mass is 554 g/mol. The van der Waals surface area contributed by atoms with Crippen molar-refractivity contribution in [3.05, 3.63) is 89.7 Å². The number of hydrogen-bond acceptors (Lipinski definition) is 6. The molecular weight excluding hydrogens is 512 g/mol. The zero-order valence-electron chi connectivity index (χ0n) is 24.4. The van der Waals surface area contributed by atoms with Gasteiger partial charge in [-0.05, 0) is 75.5 Å². The second-order valence-corrected chi connectivity index (χ2v) is 11.0. The minimum absolute atomic E-state index is 0.00955. The van der Waals surface area contributed by atoms with Crippen LogP contribution in [0.15, 0.2) is 73.1 Å². The summed E-state index contributed by atoms with van der Waals surface area (Å²) < 4.78 is 5.83. The van der Waals surface area contributed by atoms with Gasteiger partial charge >= 0.3 is 0 Å². The topological polar surface area (TPSA) is 86.4 Å². The zero-order chi connectivity index (χ0) is 28.6. The van der Waals surface area contributed by atoms with E-state index < -0.39 is 0 Å². The summed E-state index contributed by atoms with van der Waals surface area (Å²) in [4.78, 5) is 30.0. The number of ether oxygens (including phenoxy) is 1. The van der Waals surface area contributed by atoms with Gasteiger partial charge in [-0.2, -0.15) is 0 Å². The molecule has 0 aliphatic carbocycles. The van der Waals surface area contributed by atoms with Gasteiger partial charge < -0.3 is 24.8 Å². The van der Waals surface area contributed by atoms with Gasteiger partial charge in [-0.25, -0.2) is 4.98 Å². The summed E-state index contributed by atoms with van der Waals surface area (Å²) in [6, 6.07) is 20.3. The lowest BCUT2D eigenvalue weighted by Crippen LogP contribution is -2.40. The summed E-state index contributed by atoms with van der Waals surface area (Å²) >= 11 is 0. The maximum absolute atomic E-state index is 13.0. The molecule has 8 heteroatoms. The second kappa shape index (κ2) is 13.7. The van der Waals surface area contributed by atoms with Crippen molar-refractivity contribution in [2.24, 2.45) is 0 Å². The van der Waals surface area contributed by atoms with Crippen molar-refractivity contribution in [2.75, 3.05) is 45.2 Å². The lowest BCUT2D eigenvalue weighted by atomic mass is 9.94. The normalized spacial score (nSPS) is 16.0. The van der Waals surface area contributed by atoms with Gasteiger partial charge in [-0.15, -0.1) is 0 Å². The highest BCUT2D eigenvalue weighted by Gasteiger charge is 2.23. The van der Waals surface area contributed by atoms with Gasteiger partial charge in [0.05, 0.1) is 17.1 Å². The van der Waals surface area contributed by atoms with Crippen LogP contribution in [-0.2, 0) is 4.74 Å². The molecule has 1 aliphatic heterocycles. The molecule has 1 aliphatic rings. The number of aromatic amines is 1. The molecule has 216 valence electrons. The Morgan fingerprint density at radius 2 is 1.85 bits per heavy atom. The third-order valence-corrected chi connectivity index (χ3v) is 8.16. The van der Waals surface area contributed by atoms with E-state index in [9.17, 15) is 4.79 Å². The average Bonchev–Trinajstić information content (AvgIpc) is 3.43. The standard InChI is InChI=1S/C33H42N6O2/c1-4-41-24(2)29-11-8-12-30-31(29)37-33(36-30)35-28-16-21-39(22-17-28)20-15-27(25-13-18-34-19-14-25)23-38(3)32(40)26-9-6-5-7-10-26/h5-14,18-19,24,27-28H,4,15-17,20-23H2,1-3H3,(H2,35,36,37). The second-order valence-electron chi connectivity index (χ2n) is 11.0. The Kier molecular flexibility index (Phi) is 9.64. The highest BCUT2D eigenvalue weighted by atomic mass is 16.5. The number of para-hydroxylation sites is 1. The molecule has 2 aromatic heterocycles. The molecule has 8 nitrogen and oxygen atoms in total. The Morgan fingerprint density at radius 3 is 2.59 bits per heavy atom. The Bertz CT molecular complexity index is 1380. The molecular formula is C33H42N6O2. The molecule has 0 bridgehead atoms. The van der Waals surface area contributed by atoms with Gasteiger partial charge in [-0.3, -0.25) is 9.78 Å². The van der Waals surface area contributed by atoms with Crippen LogP contribution in [0.25, 0.3) is 11.0 Å². The number of benzene rings is 2. The van der Waals surface area contributed by atoms with Crippen molar-refractivity contribution in [3.8, 4) is 0 Å². The first kappa shape index (κ1) is 28.8. The van der Waals surface area contributed by atoms with E-state index in [4.69, 9.17) is 9.72 Å². The first-order valence-corrected chi connectivity index (χ1v) is 14.8. The van der Waals surface area contributed by atoms with Crippen LogP contribution in [0.5, 0.6) is 0 Å². The smallest absolute Gasteiger partial charge is 0.253 e. The van der Waals surface area contributed by atoms with Crippen molar-refractivity contribution >= 4 is 22.9 Å². The summed E-state index contributed by atoms with van der Waals surface area (Å²) in [5.41, 5.74) is 5.08. The van der Waals surface area contributed by atoms with Crippen molar-refractivity contribution in [3.63, 3.8) is 0 Å². The molecule has 2 aromatic carbocycles. The SMILES string of the molecule is CCOC(C)c1cccc2[nH]c(NC3CCN(CCC(CN(C)C(=O)c4ccccc4)c4ccncc4)CC3)nc12. The number of nitrogens with one attached hydrogen (secondary N) is 2. The molecule has 3 heterocycles. The molecule has 2 atom stereocenters. The van der Waals surface area contributed by atoms with Gasteiger partial charge in [-0.1, -0.05) is 30.3 Å². The maximum Gasteiger partial charge on any atom is 0.253 e. The van der Waals surface area contributed by atoms with Crippen LogP contribution in [0.1, 0.15) is 66.6 Å². The van der Waals surface area contributed by atoms with E-state index in [1.165, 1.54) is 5.56 Å². The van der Waals surface area contributed by atoms with E-state index in [0.29, 0.717) is 19.2 Å². The Labute approximate surface area is 243 Å². The summed E-state index contributed by atoms with van der Waals surface area (Å²) in [5.74, 6) is 1.13. The average molecular weight is 555 g/mol. The number of nitrogens with zero attached hydrogens (tertiary/aromatic N) is 4. The first-order chi connectivity index (χ1) is 20.0. The third-order valence-electron chi connectivity index (χ3n) is 8.16. The number of fused-ring (bicyclic) bond motifs is 1. The zero-order valence-corrected chi connectivity index (χ0v) is 24.4.